The van der Waals surface area contributed by atoms with Crippen LogP contribution in [0.1, 0.15) is 36.9 Å². The first-order chi connectivity index (χ1) is 11.1. The van der Waals surface area contributed by atoms with E-state index in [4.69, 9.17) is 14.3 Å². The molecule has 5 heteroatoms. The van der Waals surface area contributed by atoms with Crippen molar-refractivity contribution >= 4 is 12.8 Å². The van der Waals surface area contributed by atoms with Crippen LogP contribution in [0.2, 0.25) is 0 Å². The second-order valence-corrected chi connectivity index (χ2v) is 3.92. The van der Waals surface area contributed by atoms with Crippen LogP contribution in [-0.2, 0) is 9.53 Å². The van der Waals surface area contributed by atoms with Crippen molar-refractivity contribution in [3.63, 3.8) is 0 Å². The highest BCUT2D eigenvalue weighted by Gasteiger charge is 2.09. The highest BCUT2D eigenvalue weighted by atomic mass is 16.5. The van der Waals surface area contributed by atoms with Gasteiger partial charge in [-0.15, -0.1) is 0 Å². The lowest BCUT2D eigenvalue weighted by molar-refractivity contribution is -0.0980. The Bertz CT molecular complexity index is 544. The first kappa shape index (κ1) is 22.9. The predicted molar refractivity (Wildman–Crippen MR) is 91.9 cm³/mol. The first-order valence-corrected chi connectivity index (χ1v) is 7.26. The van der Waals surface area contributed by atoms with Crippen molar-refractivity contribution < 1.29 is 23.8 Å². The Morgan fingerprint density at radius 3 is 2.17 bits per heavy atom. The van der Waals surface area contributed by atoms with Crippen molar-refractivity contribution in [1.82, 2.24) is 0 Å². The molecule has 0 saturated carbocycles. The van der Waals surface area contributed by atoms with Crippen molar-refractivity contribution in [2.24, 2.45) is 0 Å². The molecule has 0 aliphatic heterocycles. The summed E-state index contributed by atoms with van der Waals surface area (Å²) < 4.78 is 9.73. The molecule has 5 nitrogen and oxygen atoms in total. The lowest BCUT2D eigenvalue weighted by atomic mass is 10.1. The Kier molecular flexibility index (Phi) is 14.5. The Morgan fingerprint density at radius 1 is 1.22 bits per heavy atom. The van der Waals surface area contributed by atoms with Crippen LogP contribution < -0.4 is 0 Å². The molecule has 0 bridgehead atoms. The zero-order valence-corrected chi connectivity index (χ0v) is 14.5. The number of furan rings is 1. The van der Waals surface area contributed by atoms with Crippen LogP contribution in [0.3, 0.4) is 0 Å². The molecule has 0 amide bonds. The number of carbonyl (C=O) groups excluding carboxylic acids is 1. The fourth-order valence-corrected chi connectivity index (χ4v) is 1.41. The van der Waals surface area contributed by atoms with Crippen LogP contribution in [0.25, 0.3) is 11.3 Å². The van der Waals surface area contributed by atoms with E-state index in [1.807, 2.05) is 58.7 Å². The topological polar surface area (TPSA) is 76.7 Å². The lowest BCUT2D eigenvalue weighted by Gasteiger charge is -1.97. The average molecular weight is 322 g/mol. The average Bonchev–Trinajstić information content (AvgIpc) is 3.09. The number of ether oxygens (including phenoxy) is 1. The number of rotatable bonds is 3. The van der Waals surface area contributed by atoms with Crippen LogP contribution in [-0.4, -0.2) is 31.6 Å². The van der Waals surface area contributed by atoms with Gasteiger partial charge in [0.05, 0.1) is 0 Å². The minimum Gasteiger partial charge on any atom is -0.475 e. The summed E-state index contributed by atoms with van der Waals surface area (Å²) in [6.45, 7) is 10.8. The summed E-state index contributed by atoms with van der Waals surface area (Å²) in [5.74, 6) is -0.503. The molecular formula is C18H26O5. The Balaban J connectivity index is 0. The molecule has 2 rings (SSSR count). The molecule has 0 aliphatic carbocycles. The predicted octanol–water partition coefficient (Wildman–Crippen LogP) is 4.45. The van der Waals surface area contributed by atoms with Crippen molar-refractivity contribution in [3.05, 3.63) is 47.7 Å². The van der Waals surface area contributed by atoms with Gasteiger partial charge >= 0.3 is 5.97 Å². The molecule has 1 heterocycles. The van der Waals surface area contributed by atoms with E-state index in [1.54, 1.807) is 13.2 Å². The summed E-state index contributed by atoms with van der Waals surface area (Å²) in [5.41, 5.74) is 2.00. The summed E-state index contributed by atoms with van der Waals surface area (Å²) in [6.07, 6.45) is 0. The van der Waals surface area contributed by atoms with Gasteiger partial charge in [-0.25, -0.2) is 4.79 Å². The maximum Gasteiger partial charge on any atom is 0.371 e. The number of methoxy groups -OCH3 is 1. The zero-order chi connectivity index (χ0) is 18.3. The Morgan fingerprint density at radius 2 is 1.78 bits per heavy atom. The summed E-state index contributed by atoms with van der Waals surface area (Å²) >= 11 is 0. The number of hydrogen-bond donors (Lipinski definition) is 1. The second-order valence-electron chi connectivity index (χ2n) is 3.92. The van der Waals surface area contributed by atoms with Crippen molar-refractivity contribution in [3.8, 4) is 11.3 Å². The molecule has 1 N–H and O–H groups in total. The number of carbonyl (C=O) groups is 2. The molecule has 2 aromatic rings. The highest BCUT2D eigenvalue weighted by molar-refractivity contribution is 5.85. The van der Waals surface area contributed by atoms with Gasteiger partial charge in [0.2, 0.25) is 5.76 Å². The fourth-order valence-electron chi connectivity index (χ4n) is 1.41. The van der Waals surface area contributed by atoms with Crippen LogP contribution in [0.15, 0.2) is 40.8 Å². The van der Waals surface area contributed by atoms with E-state index in [1.165, 1.54) is 6.07 Å². The fraction of sp³-hybridized carbons (Fsp3) is 0.333. The number of carboxylic acids is 1. The summed E-state index contributed by atoms with van der Waals surface area (Å²) in [6, 6.07) is 10.8. The quantitative estimate of drug-likeness (QED) is 0.903. The number of carboxylic acid groups (broad SMARTS) is 1. The lowest BCUT2D eigenvalue weighted by Crippen LogP contribution is -1.91. The summed E-state index contributed by atoms with van der Waals surface area (Å²) in [5, 5.41) is 8.71. The van der Waals surface area contributed by atoms with Crippen molar-refractivity contribution in [2.45, 2.75) is 27.7 Å². The molecule has 0 unspecified atom stereocenters. The number of benzene rings is 1. The largest absolute Gasteiger partial charge is 0.475 e. The van der Waals surface area contributed by atoms with Crippen molar-refractivity contribution in [2.75, 3.05) is 13.7 Å². The van der Waals surface area contributed by atoms with Gasteiger partial charge in [0.1, 0.15) is 12.5 Å². The SMILES string of the molecule is C=O.CC.CCOC.Cc1cccc(-c2ccc(C(=O)O)o2)c1. The summed E-state index contributed by atoms with van der Waals surface area (Å²) in [4.78, 5) is 18.6. The van der Waals surface area contributed by atoms with Crippen LogP contribution >= 0.6 is 0 Å². The molecule has 0 atom stereocenters. The third kappa shape index (κ3) is 9.26. The van der Waals surface area contributed by atoms with Gasteiger partial charge in [-0.3, -0.25) is 0 Å². The number of aromatic carboxylic acids is 1. The minimum absolute atomic E-state index is 0.0356. The van der Waals surface area contributed by atoms with E-state index in [2.05, 4.69) is 4.74 Å². The Hall–Kier alpha value is -2.40. The van der Waals surface area contributed by atoms with Gasteiger partial charge in [0.15, 0.2) is 0 Å². The Labute approximate surface area is 137 Å². The molecule has 1 aromatic carbocycles. The summed E-state index contributed by atoms with van der Waals surface area (Å²) in [7, 11) is 1.68. The third-order valence-corrected chi connectivity index (χ3v) is 2.41. The molecule has 0 saturated heterocycles. The minimum atomic E-state index is -1.05. The monoisotopic (exact) mass is 322 g/mol. The normalized spacial score (nSPS) is 8.39. The van der Waals surface area contributed by atoms with Crippen LogP contribution in [0.4, 0.5) is 0 Å². The molecule has 1 aromatic heterocycles. The maximum atomic E-state index is 10.6. The highest BCUT2D eigenvalue weighted by Crippen LogP contribution is 2.22. The van der Waals surface area contributed by atoms with Gasteiger partial charge in [0, 0.05) is 19.3 Å². The maximum absolute atomic E-state index is 10.6. The van der Waals surface area contributed by atoms with Crippen LogP contribution in [0, 0.1) is 6.92 Å². The zero-order valence-electron chi connectivity index (χ0n) is 14.5. The van der Waals surface area contributed by atoms with E-state index in [0.29, 0.717) is 5.76 Å². The molecule has 0 fully saturated rings. The van der Waals surface area contributed by atoms with E-state index in [-0.39, 0.29) is 5.76 Å². The first-order valence-electron chi connectivity index (χ1n) is 7.26. The number of hydrogen-bond acceptors (Lipinski definition) is 4. The molecular weight excluding hydrogens is 296 g/mol. The third-order valence-electron chi connectivity index (χ3n) is 2.41. The molecule has 128 valence electrons. The van der Waals surface area contributed by atoms with E-state index in [0.717, 1.165) is 17.7 Å². The van der Waals surface area contributed by atoms with Gasteiger partial charge in [-0.2, -0.15) is 0 Å². The van der Waals surface area contributed by atoms with Crippen molar-refractivity contribution in [1.29, 1.82) is 0 Å². The van der Waals surface area contributed by atoms with E-state index >= 15 is 0 Å². The molecule has 0 aliphatic rings. The van der Waals surface area contributed by atoms with Gasteiger partial charge in [-0.1, -0.05) is 37.6 Å². The smallest absolute Gasteiger partial charge is 0.371 e. The molecule has 23 heavy (non-hydrogen) atoms. The van der Waals surface area contributed by atoms with E-state index in [9.17, 15) is 4.79 Å². The standard InChI is InChI=1S/C12H10O3.C3H8O.C2H6.CH2O/c1-8-3-2-4-9(7-8)10-5-6-11(15-10)12(13)14;1-3-4-2;2*1-2/h2-7H,1H3,(H,13,14);3H2,1-2H3;1-2H3;1H2. The van der Waals surface area contributed by atoms with Gasteiger partial charge in [0.25, 0.3) is 0 Å². The van der Waals surface area contributed by atoms with E-state index < -0.39 is 5.97 Å². The number of aryl methyl sites for hydroxylation is 1. The van der Waals surface area contributed by atoms with Gasteiger partial charge < -0.3 is 19.1 Å². The molecule has 0 spiro atoms. The second kappa shape index (κ2) is 14.5. The van der Waals surface area contributed by atoms with Crippen LogP contribution in [0.5, 0.6) is 0 Å². The van der Waals surface area contributed by atoms with Gasteiger partial charge in [-0.05, 0) is 32.0 Å². The molecule has 0 radical (unpaired) electrons.